The number of rotatable bonds is 4. The predicted molar refractivity (Wildman–Crippen MR) is 90.8 cm³/mol. The number of nitrogens with zero attached hydrogens (tertiary/aromatic N) is 2. The molecule has 2 heterocycles. The molecule has 0 spiro atoms. The number of carbonyl (C=O) groups is 3. The summed E-state index contributed by atoms with van der Waals surface area (Å²) in [6.07, 6.45) is 0.345. The number of hydrogen-bond donors (Lipinski definition) is 1. The van der Waals surface area contributed by atoms with Crippen molar-refractivity contribution in [2.45, 2.75) is 46.1 Å². The molecule has 1 unspecified atom stereocenters. The molecule has 1 aromatic rings. The third kappa shape index (κ3) is 4.11. The number of hydrogen-bond acceptors (Lipinski definition) is 6. The van der Waals surface area contributed by atoms with Crippen LogP contribution in [0.15, 0.2) is 0 Å². The topological polar surface area (TPSA) is 88.6 Å². The van der Waals surface area contributed by atoms with Gasteiger partial charge < -0.3 is 15.0 Å². The number of amides is 2. The van der Waals surface area contributed by atoms with E-state index in [2.05, 4.69) is 15.0 Å². The maximum Gasteiger partial charge on any atom is 0.310 e. The van der Waals surface area contributed by atoms with Crippen LogP contribution in [-0.2, 0) is 25.5 Å². The summed E-state index contributed by atoms with van der Waals surface area (Å²) in [4.78, 5) is 42.6. The summed E-state index contributed by atoms with van der Waals surface area (Å²) in [5.41, 5.74) is 0.400. The third-order valence-electron chi connectivity index (χ3n) is 3.96. The van der Waals surface area contributed by atoms with Gasteiger partial charge in [-0.3, -0.25) is 14.4 Å². The molecule has 8 heteroatoms. The predicted octanol–water partition coefficient (Wildman–Crippen LogP) is 1.75. The van der Waals surface area contributed by atoms with Crippen LogP contribution in [0.2, 0.25) is 0 Å². The lowest BCUT2D eigenvalue weighted by Crippen LogP contribution is -2.42. The molecule has 132 valence electrons. The number of aromatic nitrogens is 1. The van der Waals surface area contributed by atoms with Crippen LogP contribution in [0.4, 0.5) is 5.13 Å². The number of ether oxygens (including phenoxy) is 1. The lowest BCUT2D eigenvalue weighted by Gasteiger charge is -2.31. The van der Waals surface area contributed by atoms with Crippen LogP contribution in [0.3, 0.4) is 0 Å². The van der Waals surface area contributed by atoms with Crippen molar-refractivity contribution < 1.29 is 19.1 Å². The van der Waals surface area contributed by atoms with Crippen LogP contribution in [0.25, 0.3) is 0 Å². The summed E-state index contributed by atoms with van der Waals surface area (Å²) in [7, 11) is 1.33. The van der Waals surface area contributed by atoms with Gasteiger partial charge in [0.05, 0.1) is 25.1 Å². The summed E-state index contributed by atoms with van der Waals surface area (Å²) in [6, 6.07) is 0. The van der Waals surface area contributed by atoms with Gasteiger partial charge in [0.1, 0.15) is 0 Å². The number of nitrogens with one attached hydrogen (secondary N) is 1. The van der Waals surface area contributed by atoms with Crippen molar-refractivity contribution >= 4 is 34.3 Å². The molecule has 1 atom stereocenters. The molecule has 0 aliphatic carbocycles. The van der Waals surface area contributed by atoms with Gasteiger partial charge in [0.15, 0.2) is 5.13 Å². The van der Waals surface area contributed by atoms with E-state index in [1.165, 1.54) is 18.4 Å². The lowest BCUT2D eigenvalue weighted by atomic mass is 10.1. The van der Waals surface area contributed by atoms with Crippen LogP contribution in [0.1, 0.15) is 37.8 Å². The van der Waals surface area contributed by atoms with Crippen molar-refractivity contribution in [3.63, 3.8) is 0 Å². The van der Waals surface area contributed by atoms with Crippen molar-refractivity contribution in [2.24, 2.45) is 5.92 Å². The zero-order valence-electron chi connectivity index (χ0n) is 14.6. The van der Waals surface area contributed by atoms with E-state index >= 15 is 0 Å². The second kappa shape index (κ2) is 6.88. The molecule has 2 amide bonds. The highest BCUT2D eigenvalue weighted by molar-refractivity contribution is 7.16. The van der Waals surface area contributed by atoms with E-state index in [9.17, 15) is 14.4 Å². The number of carbonyl (C=O) groups excluding carboxylic acids is 3. The highest BCUT2D eigenvalue weighted by Gasteiger charge is 2.39. The normalized spacial score (nSPS) is 18.0. The van der Waals surface area contributed by atoms with Gasteiger partial charge in [0, 0.05) is 23.4 Å². The fourth-order valence-electron chi connectivity index (χ4n) is 2.59. The molecule has 1 saturated heterocycles. The van der Waals surface area contributed by atoms with E-state index in [1.54, 1.807) is 11.8 Å². The maximum atomic E-state index is 12.4. The molecule has 24 heavy (non-hydrogen) atoms. The van der Waals surface area contributed by atoms with Gasteiger partial charge in [-0.2, -0.15) is 0 Å². The first-order valence-corrected chi connectivity index (χ1v) is 8.58. The second-order valence-corrected chi connectivity index (χ2v) is 7.93. The van der Waals surface area contributed by atoms with Gasteiger partial charge in [0.25, 0.3) is 0 Å². The molecule has 1 aromatic heterocycles. The SMILES string of the molecule is COC(=O)Cc1sc(NC(=O)C2CC(=O)N(C(C)(C)C)C2)nc1C. The van der Waals surface area contributed by atoms with Crippen LogP contribution < -0.4 is 5.32 Å². The highest BCUT2D eigenvalue weighted by atomic mass is 32.1. The molecular formula is C16H23N3O4S. The Balaban J connectivity index is 2.02. The Morgan fingerprint density at radius 3 is 2.62 bits per heavy atom. The average Bonchev–Trinajstić information content (AvgIpc) is 3.02. The van der Waals surface area contributed by atoms with Crippen LogP contribution in [0.5, 0.6) is 0 Å². The average molecular weight is 353 g/mol. The Hall–Kier alpha value is -1.96. The van der Waals surface area contributed by atoms with Crippen molar-refractivity contribution in [3.8, 4) is 0 Å². The van der Waals surface area contributed by atoms with Gasteiger partial charge >= 0.3 is 5.97 Å². The van der Waals surface area contributed by atoms with E-state index in [-0.39, 0.29) is 42.1 Å². The Kier molecular flexibility index (Phi) is 5.27. The molecule has 1 N–H and O–H groups in total. The number of anilines is 1. The molecule has 7 nitrogen and oxygen atoms in total. The Morgan fingerprint density at radius 2 is 2.08 bits per heavy atom. The molecule has 1 aliphatic heterocycles. The number of likely N-dealkylation sites (tertiary alicyclic amines) is 1. The number of esters is 1. The fraction of sp³-hybridized carbons (Fsp3) is 0.625. The summed E-state index contributed by atoms with van der Waals surface area (Å²) < 4.78 is 4.65. The third-order valence-corrected chi connectivity index (χ3v) is 5.03. The number of thiazole rings is 1. The summed E-state index contributed by atoms with van der Waals surface area (Å²) in [6.45, 7) is 8.05. The zero-order chi connectivity index (χ0) is 18.1. The molecule has 2 rings (SSSR count). The summed E-state index contributed by atoms with van der Waals surface area (Å²) in [5.74, 6) is -0.954. The van der Waals surface area contributed by atoms with Gasteiger partial charge in [0.2, 0.25) is 11.8 Å². The largest absolute Gasteiger partial charge is 0.469 e. The molecule has 0 bridgehead atoms. The lowest BCUT2D eigenvalue weighted by molar-refractivity contribution is -0.139. The van der Waals surface area contributed by atoms with Gasteiger partial charge in [-0.05, 0) is 27.7 Å². The van der Waals surface area contributed by atoms with Crippen LogP contribution >= 0.6 is 11.3 Å². The van der Waals surface area contributed by atoms with E-state index in [4.69, 9.17) is 0 Å². The zero-order valence-corrected chi connectivity index (χ0v) is 15.5. The minimum Gasteiger partial charge on any atom is -0.469 e. The van der Waals surface area contributed by atoms with Gasteiger partial charge in [-0.25, -0.2) is 4.98 Å². The van der Waals surface area contributed by atoms with E-state index in [0.29, 0.717) is 17.4 Å². The van der Waals surface area contributed by atoms with Crippen molar-refractivity contribution in [1.82, 2.24) is 9.88 Å². The van der Waals surface area contributed by atoms with Gasteiger partial charge in [-0.15, -0.1) is 11.3 Å². The maximum absolute atomic E-state index is 12.4. The monoisotopic (exact) mass is 353 g/mol. The molecule has 0 saturated carbocycles. The Morgan fingerprint density at radius 1 is 1.42 bits per heavy atom. The highest BCUT2D eigenvalue weighted by Crippen LogP contribution is 2.28. The van der Waals surface area contributed by atoms with Crippen LogP contribution in [0, 0.1) is 12.8 Å². The Labute approximate surface area is 145 Å². The summed E-state index contributed by atoms with van der Waals surface area (Å²) in [5, 5.41) is 3.21. The second-order valence-electron chi connectivity index (χ2n) is 6.85. The molecule has 1 aliphatic rings. The first-order valence-electron chi connectivity index (χ1n) is 7.76. The first-order chi connectivity index (χ1) is 11.1. The number of methoxy groups -OCH3 is 1. The molecule has 1 fully saturated rings. The van der Waals surface area contributed by atoms with Crippen LogP contribution in [-0.4, -0.2) is 46.9 Å². The van der Waals surface area contributed by atoms with Crippen molar-refractivity contribution in [2.75, 3.05) is 19.0 Å². The minimum atomic E-state index is -0.384. The minimum absolute atomic E-state index is 0.00986. The summed E-state index contributed by atoms with van der Waals surface area (Å²) >= 11 is 1.26. The van der Waals surface area contributed by atoms with E-state index < -0.39 is 0 Å². The first kappa shape index (κ1) is 18.4. The number of aryl methyl sites for hydroxylation is 1. The van der Waals surface area contributed by atoms with E-state index in [1.807, 2.05) is 20.8 Å². The van der Waals surface area contributed by atoms with E-state index in [0.717, 1.165) is 4.88 Å². The van der Waals surface area contributed by atoms with Crippen molar-refractivity contribution in [1.29, 1.82) is 0 Å². The Bertz CT molecular complexity index is 663. The standard InChI is InChI=1S/C16H23N3O4S/c1-9-11(7-13(21)23-5)24-15(17-9)18-14(22)10-6-12(20)19(8-10)16(2,3)4/h10H,6-8H2,1-5H3,(H,17,18,22). The van der Waals surface area contributed by atoms with Crippen molar-refractivity contribution in [3.05, 3.63) is 10.6 Å². The molecule has 0 radical (unpaired) electrons. The molecule has 0 aromatic carbocycles. The molecular weight excluding hydrogens is 330 g/mol. The fourth-order valence-corrected chi connectivity index (χ4v) is 3.54. The van der Waals surface area contributed by atoms with Gasteiger partial charge in [-0.1, -0.05) is 0 Å². The smallest absolute Gasteiger partial charge is 0.310 e. The quantitative estimate of drug-likeness (QED) is 0.833.